The van der Waals surface area contributed by atoms with Crippen molar-refractivity contribution in [1.82, 2.24) is 4.98 Å². The summed E-state index contributed by atoms with van der Waals surface area (Å²) < 4.78 is 30.0. The molecule has 0 aliphatic carbocycles. The predicted molar refractivity (Wildman–Crippen MR) is 59.8 cm³/mol. The average Bonchev–Trinajstić information content (AvgIpc) is 2.21. The predicted octanol–water partition coefficient (Wildman–Crippen LogP) is 0.565. The molecule has 0 aliphatic heterocycles. The Bertz CT molecular complexity index is 433. The summed E-state index contributed by atoms with van der Waals surface area (Å²) in [5, 5.41) is 9.33. The number of hydrogen-bond acceptors (Lipinski definition) is 5. The zero-order chi connectivity index (χ0) is 12.0. The monoisotopic (exact) mass is 246 g/mol. The molecule has 0 unspecified atom stereocenters. The molecule has 7 heteroatoms. The summed E-state index contributed by atoms with van der Waals surface area (Å²) in [4.78, 5) is 3.72. The maximum atomic E-state index is 11.5. The summed E-state index contributed by atoms with van der Waals surface area (Å²) in [6.45, 7) is 0.370. The van der Waals surface area contributed by atoms with Crippen molar-refractivity contribution < 1.29 is 18.3 Å². The first kappa shape index (κ1) is 12.7. The Morgan fingerprint density at radius 1 is 1.56 bits per heavy atom. The van der Waals surface area contributed by atoms with E-state index in [1.165, 1.54) is 25.4 Å². The van der Waals surface area contributed by atoms with Gasteiger partial charge in [-0.2, -0.15) is 0 Å². The number of pyridine rings is 1. The summed E-state index contributed by atoms with van der Waals surface area (Å²) in [6.07, 6.45) is 1.78. The minimum atomic E-state index is -3.48. The van der Waals surface area contributed by atoms with E-state index in [9.17, 15) is 13.5 Å². The maximum absolute atomic E-state index is 11.5. The van der Waals surface area contributed by atoms with Crippen LogP contribution in [0.2, 0.25) is 0 Å². The normalized spacial score (nSPS) is 11.3. The quantitative estimate of drug-likeness (QED) is 0.716. The van der Waals surface area contributed by atoms with E-state index < -0.39 is 10.0 Å². The minimum Gasteiger partial charge on any atom is -0.504 e. The number of hydrogen-bond donors (Lipinski definition) is 2. The second-order valence-electron chi connectivity index (χ2n) is 3.14. The molecule has 0 bridgehead atoms. The van der Waals surface area contributed by atoms with Gasteiger partial charge in [-0.15, -0.1) is 0 Å². The summed E-state index contributed by atoms with van der Waals surface area (Å²) in [7, 11) is -1.98. The molecule has 0 aromatic carbocycles. The Hall–Kier alpha value is -1.34. The highest BCUT2D eigenvalue weighted by Gasteiger charge is 2.12. The zero-order valence-electron chi connectivity index (χ0n) is 8.88. The Balaban J connectivity index is 2.63. The first-order valence-electron chi connectivity index (χ1n) is 4.68. The van der Waals surface area contributed by atoms with Crippen molar-refractivity contribution >= 4 is 15.8 Å². The first-order chi connectivity index (χ1) is 7.55. The van der Waals surface area contributed by atoms with Gasteiger partial charge >= 0.3 is 0 Å². The lowest BCUT2D eigenvalue weighted by Gasteiger charge is -2.07. The lowest BCUT2D eigenvalue weighted by Crippen LogP contribution is -2.18. The molecule has 16 heavy (non-hydrogen) atoms. The van der Waals surface area contributed by atoms with Crippen molar-refractivity contribution in [3.63, 3.8) is 0 Å². The zero-order valence-corrected chi connectivity index (χ0v) is 9.70. The average molecular weight is 246 g/mol. The fraction of sp³-hybridized carbons (Fsp3) is 0.444. The molecule has 0 fully saturated rings. The number of aromatic hydroxyl groups is 1. The maximum Gasteiger partial charge on any atom is 0.234 e. The van der Waals surface area contributed by atoms with Crippen molar-refractivity contribution in [1.29, 1.82) is 0 Å². The lowest BCUT2D eigenvalue weighted by atomic mass is 10.4. The van der Waals surface area contributed by atoms with E-state index in [0.29, 0.717) is 13.0 Å². The fourth-order valence-electron chi connectivity index (χ4n) is 1.07. The number of nitrogens with one attached hydrogen (secondary N) is 1. The van der Waals surface area contributed by atoms with Crippen molar-refractivity contribution in [3.8, 4) is 5.75 Å². The number of rotatable bonds is 6. The van der Waals surface area contributed by atoms with Gasteiger partial charge in [0.25, 0.3) is 0 Å². The third-order valence-corrected chi connectivity index (χ3v) is 3.13. The number of sulfonamides is 1. The van der Waals surface area contributed by atoms with E-state index >= 15 is 0 Å². The lowest BCUT2D eigenvalue weighted by molar-refractivity contribution is 0.199. The van der Waals surface area contributed by atoms with Gasteiger partial charge in [0.2, 0.25) is 10.0 Å². The highest BCUT2D eigenvalue weighted by Crippen LogP contribution is 2.19. The second kappa shape index (κ2) is 5.66. The van der Waals surface area contributed by atoms with Crippen molar-refractivity contribution in [2.75, 3.05) is 24.2 Å². The van der Waals surface area contributed by atoms with Gasteiger partial charge in [-0.3, -0.25) is 4.72 Å². The Morgan fingerprint density at radius 3 is 2.94 bits per heavy atom. The number of aromatic nitrogens is 1. The van der Waals surface area contributed by atoms with E-state index in [1.54, 1.807) is 0 Å². The smallest absolute Gasteiger partial charge is 0.234 e. The standard InChI is InChI=1S/C9H14N2O4S/c1-15-6-3-7-16(13,14)11-9-8(12)4-2-5-10-9/h2,4-5,12H,3,6-7H2,1H3,(H,10,11). The molecule has 6 nitrogen and oxygen atoms in total. The highest BCUT2D eigenvalue weighted by atomic mass is 32.2. The Kier molecular flexibility index (Phi) is 4.51. The van der Waals surface area contributed by atoms with Crippen molar-refractivity contribution in [2.45, 2.75) is 6.42 Å². The van der Waals surface area contributed by atoms with Gasteiger partial charge in [-0.05, 0) is 18.6 Å². The van der Waals surface area contributed by atoms with E-state index in [1.807, 2.05) is 0 Å². The molecule has 2 N–H and O–H groups in total. The molecule has 90 valence electrons. The Labute approximate surface area is 94.3 Å². The van der Waals surface area contributed by atoms with Crippen LogP contribution in [0.5, 0.6) is 5.75 Å². The van der Waals surface area contributed by atoms with Crippen molar-refractivity contribution in [3.05, 3.63) is 18.3 Å². The minimum absolute atomic E-state index is 0.0556. The van der Waals surface area contributed by atoms with Gasteiger partial charge < -0.3 is 9.84 Å². The summed E-state index contributed by atoms with van der Waals surface area (Å²) in [6, 6.07) is 2.87. The third-order valence-electron chi connectivity index (χ3n) is 1.80. The molecular weight excluding hydrogens is 232 g/mol. The first-order valence-corrected chi connectivity index (χ1v) is 6.34. The van der Waals surface area contributed by atoms with Crippen LogP contribution in [0, 0.1) is 0 Å². The van der Waals surface area contributed by atoms with Gasteiger partial charge in [0.15, 0.2) is 11.6 Å². The van der Waals surface area contributed by atoms with Gasteiger partial charge in [-0.25, -0.2) is 13.4 Å². The summed E-state index contributed by atoms with van der Waals surface area (Å²) in [5.74, 6) is -0.325. The molecule has 1 aromatic heterocycles. The van der Waals surface area contributed by atoms with Gasteiger partial charge in [0.1, 0.15) is 0 Å². The molecule has 0 amide bonds. The largest absolute Gasteiger partial charge is 0.504 e. The summed E-state index contributed by atoms with van der Waals surface area (Å²) in [5.41, 5.74) is 0. The molecule has 1 heterocycles. The van der Waals surface area contributed by atoms with Crippen LogP contribution in [-0.2, 0) is 14.8 Å². The van der Waals surface area contributed by atoms with Crippen LogP contribution in [0.3, 0.4) is 0 Å². The number of nitrogens with zero attached hydrogens (tertiary/aromatic N) is 1. The van der Waals surface area contributed by atoms with E-state index in [-0.39, 0.29) is 17.3 Å². The highest BCUT2D eigenvalue weighted by molar-refractivity contribution is 7.92. The molecule has 0 spiro atoms. The van der Waals surface area contributed by atoms with Crippen molar-refractivity contribution in [2.24, 2.45) is 0 Å². The van der Waals surface area contributed by atoms with Gasteiger partial charge in [0.05, 0.1) is 5.75 Å². The summed E-state index contributed by atoms with van der Waals surface area (Å²) >= 11 is 0. The van der Waals surface area contributed by atoms with Crippen LogP contribution in [0.1, 0.15) is 6.42 Å². The van der Waals surface area contributed by atoms with Gasteiger partial charge in [-0.1, -0.05) is 0 Å². The molecule has 0 saturated carbocycles. The van der Waals surface area contributed by atoms with Crippen LogP contribution in [0.4, 0.5) is 5.82 Å². The molecule has 1 aromatic rings. The van der Waals surface area contributed by atoms with Crippen LogP contribution in [-0.4, -0.2) is 38.0 Å². The van der Waals surface area contributed by atoms with E-state index in [2.05, 4.69) is 9.71 Å². The van der Waals surface area contributed by atoms with Crippen LogP contribution < -0.4 is 4.72 Å². The van der Waals surface area contributed by atoms with Crippen LogP contribution in [0.15, 0.2) is 18.3 Å². The molecule has 0 radical (unpaired) electrons. The van der Waals surface area contributed by atoms with Crippen LogP contribution >= 0.6 is 0 Å². The van der Waals surface area contributed by atoms with Crippen LogP contribution in [0.25, 0.3) is 0 Å². The Morgan fingerprint density at radius 2 is 2.31 bits per heavy atom. The third kappa shape index (κ3) is 4.03. The van der Waals surface area contributed by atoms with E-state index in [4.69, 9.17) is 4.74 Å². The second-order valence-corrected chi connectivity index (χ2v) is 4.98. The number of ether oxygens (including phenoxy) is 1. The SMILES string of the molecule is COCCCS(=O)(=O)Nc1ncccc1O. The molecule has 1 rings (SSSR count). The van der Waals surface area contributed by atoms with E-state index in [0.717, 1.165) is 0 Å². The number of anilines is 1. The molecule has 0 atom stereocenters. The molecular formula is C9H14N2O4S. The number of methoxy groups -OCH3 is 1. The molecule has 0 saturated heterocycles. The topological polar surface area (TPSA) is 88.5 Å². The molecule has 0 aliphatic rings. The van der Waals surface area contributed by atoms with Gasteiger partial charge in [0, 0.05) is 19.9 Å². The fourth-order valence-corrected chi connectivity index (χ4v) is 2.12.